The minimum atomic E-state index is 0.0317. The Balaban J connectivity index is 1.21. The number of piperidine rings is 1. The van der Waals surface area contributed by atoms with E-state index in [4.69, 9.17) is 9.47 Å². The van der Waals surface area contributed by atoms with Gasteiger partial charge in [-0.05, 0) is 62.8 Å². The van der Waals surface area contributed by atoms with Gasteiger partial charge in [0.15, 0.2) is 0 Å². The van der Waals surface area contributed by atoms with Gasteiger partial charge in [0.2, 0.25) is 5.91 Å². The number of carbonyl (C=O) groups is 2. The lowest BCUT2D eigenvalue weighted by Gasteiger charge is -2.32. The molecule has 2 amide bonds. The molecular formula is C24H34N2O4. The average Bonchev–Trinajstić information content (AvgIpc) is 3.64. The standard InChI is InChI=1S/C24H34N2O4/c1-25(14-11-20-4-2-3-17-29-20)23(27)18-7-9-21(10-8-18)30-22-12-15-26(16-13-22)24(28)19-5-6-19/h7-10,19-20,22H,2-6,11-17H2,1H3. The fourth-order valence-corrected chi connectivity index (χ4v) is 4.35. The number of amides is 2. The molecule has 30 heavy (non-hydrogen) atoms. The molecule has 1 saturated carbocycles. The molecule has 6 nitrogen and oxygen atoms in total. The topological polar surface area (TPSA) is 59.1 Å². The summed E-state index contributed by atoms with van der Waals surface area (Å²) >= 11 is 0. The lowest BCUT2D eigenvalue weighted by Crippen LogP contribution is -2.42. The molecule has 1 aliphatic carbocycles. The van der Waals surface area contributed by atoms with E-state index < -0.39 is 0 Å². The van der Waals surface area contributed by atoms with Crippen molar-refractivity contribution in [2.24, 2.45) is 5.92 Å². The van der Waals surface area contributed by atoms with Crippen molar-refractivity contribution in [3.8, 4) is 5.75 Å². The average molecular weight is 415 g/mol. The van der Waals surface area contributed by atoms with Gasteiger partial charge in [-0.15, -0.1) is 0 Å². The fraction of sp³-hybridized carbons (Fsp3) is 0.667. The number of carbonyl (C=O) groups excluding carboxylic acids is 2. The molecule has 0 bridgehead atoms. The number of hydrogen-bond donors (Lipinski definition) is 0. The van der Waals surface area contributed by atoms with Gasteiger partial charge in [0.05, 0.1) is 6.10 Å². The SMILES string of the molecule is CN(CCC1CCCCO1)C(=O)c1ccc(OC2CCN(C(=O)C3CC3)CC2)cc1. The first-order valence-electron chi connectivity index (χ1n) is 11.5. The molecule has 2 aliphatic heterocycles. The summed E-state index contributed by atoms with van der Waals surface area (Å²) in [5.74, 6) is 1.44. The van der Waals surface area contributed by atoms with Crippen LogP contribution in [0.2, 0.25) is 0 Å². The number of likely N-dealkylation sites (tertiary alicyclic amines) is 1. The van der Waals surface area contributed by atoms with Crippen LogP contribution in [-0.4, -0.2) is 67.1 Å². The predicted molar refractivity (Wildman–Crippen MR) is 115 cm³/mol. The van der Waals surface area contributed by atoms with Gasteiger partial charge in [0.1, 0.15) is 11.9 Å². The van der Waals surface area contributed by atoms with Crippen LogP contribution in [-0.2, 0) is 9.53 Å². The number of nitrogens with zero attached hydrogens (tertiary/aromatic N) is 2. The van der Waals surface area contributed by atoms with E-state index in [9.17, 15) is 9.59 Å². The van der Waals surface area contributed by atoms with Crippen LogP contribution in [0.15, 0.2) is 24.3 Å². The normalized spacial score (nSPS) is 22.6. The van der Waals surface area contributed by atoms with Crippen molar-refractivity contribution < 1.29 is 19.1 Å². The van der Waals surface area contributed by atoms with Crippen molar-refractivity contribution >= 4 is 11.8 Å². The number of ether oxygens (including phenoxy) is 2. The van der Waals surface area contributed by atoms with E-state index in [1.165, 1.54) is 6.42 Å². The highest BCUT2D eigenvalue weighted by Crippen LogP contribution is 2.32. The van der Waals surface area contributed by atoms with Crippen LogP contribution in [0.5, 0.6) is 5.75 Å². The third-order valence-electron chi connectivity index (χ3n) is 6.49. The van der Waals surface area contributed by atoms with Crippen molar-refractivity contribution in [2.45, 2.75) is 63.6 Å². The second kappa shape index (κ2) is 9.82. The fourth-order valence-electron chi connectivity index (χ4n) is 4.35. The zero-order valence-corrected chi connectivity index (χ0v) is 18.1. The molecule has 2 saturated heterocycles. The molecule has 0 N–H and O–H groups in total. The first-order chi connectivity index (χ1) is 14.6. The minimum absolute atomic E-state index is 0.0317. The number of benzene rings is 1. The van der Waals surface area contributed by atoms with E-state index in [1.54, 1.807) is 4.90 Å². The van der Waals surface area contributed by atoms with Crippen molar-refractivity contribution in [1.29, 1.82) is 0 Å². The second-order valence-electron chi connectivity index (χ2n) is 8.95. The van der Waals surface area contributed by atoms with Gasteiger partial charge < -0.3 is 19.3 Å². The highest BCUT2D eigenvalue weighted by molar-refractivity contribution is 5.94. The maximum atomic E-state index is 12.7. The van der Waals surface area contributed by atoms with E-state index in [1.807, 2.05) is 36.2 Å². The van der Waals surface area contributed by atoms with Gasteiger partial charge in [-0.3, -0.25) is 9.59 Å². The summed E-state index contributed by atoms with van der Waals surface area (Å²) < 4.78 is 11.9. The molecule has 1 unspecified atom stereocenters. The first kappa shape index (κ1) is 21.2. The molecule has 1 aromatic rings. The van der Waals surface area contributed by atoms with Gasteiger partial charge in [-0.25, -0.2) is 0 Å². The molecule has 0 aromatic heterocycles. The maximum absolute atomic E-state index is 12.7. The van der Waals surface area contributed by atoms with E-state index in [0.717, 1.165) is 70.4 Å². The third-order valence-corrected chi connectivity index (χ3v) is 6.49. The van der Waals surface area contributed by atoms with Crippen molar-refractivity contribution in [1.82, 2.24) is 9.80 Å². The van der Waals surface area contributed by atoms with Gasteiger partial charge in [-0.1, -0.05) is 0 Å². The van der Waals surface area contributed by atoms with Gasteiger partial charge in [0, 0.05) is 57.6 Å². The summed E-state index contributed by atoms with van der Waals surface area (Å²) in [5, 5.41) is 0. The van der Waals surface area contributed by atoms with Crippen LogP contribution in [0, 0.1) is 5.92 Å². The summed E-state index contributed by atoms with van der Waals surface area (Å²) in [6, 6.07) is 7.45. The molecule has 1 aromatic carbocycles. The smallest absolute Gasteiger partial charge is 0.253 e. The van der Waals surface area contributed by atoms with E-state index in [2.05, 4.69) is 0 Å². The van der Waals surface area contributed by atoms with Crippen LogP contribution in [0.25, 0.3) is 0 Å². The molecule has 1 atom stereocenters. The van der Waals surface area contributed by atoms with Crippen molar-refractivity contribution in [2.75, 3.05) is 33.3 Å². The summed E-state index contributed by atoms with van der Waals surface area (Å²) in [6.07, 6.45) is 8.64. The second-order valence-corrected chi connectivity index (χ2v) is 8.95. The molecule has 0 radical (unpaired) electrons. The van der Waals surface area contributed by atoms with Crippen LogP contribution >= 0.6 is 0 Å². The highest BCUT2D eigenvalue weighted by atomic mass is 16.5. The molecular weight excluding hydrogens is 380 g/mol. The summed E-state index contributed by atoms with van der Waals surface area (Å²) in [4.78, 5) is 28.6. The Hall–Kier alpha value is -2.08. The summed E-state index contributed by atoms with van der Waals surface area (Å²) in [5.41, 5.74) is 0.680. The molecule has 164 valence electrons. The Morgan fingerprint density at radius 3 is 2.43 bits per heavy atom. The minimum Gasteiger partial charge on any atom is -0.490 e. The van der Waals surface area contributed by atoms with E-state index in [-0.39, 0.29) is 18.1 Å². The highest BCUT2D eigenvalue weighted by Gasteiger charge is 2.35. The monoisotopic (exact) mass is 414 g/mol. The van der Waals surface area contributed by atoms with Crippen LogP contribution in [0.1, 0.15) is 61.7 Å². The molecule has 6 heteroatoms. The van der Waals surface area contributed by atoms with E-state index >= 15 is 0 Å². The van der Waals surface area contributed by atoms with Crippen LogP contribution in [0.4, 0.5) is 0 Å². The first-order valence-corrected chi connectivity index (χ1v) is 11.5. The molecule has 4 rings (SSSR count). The Morgan fingerprint density at radius 2 is 1.80 bits per heavy atom. The summed E-state index contributed by atoms with van der Waals surface area (Å²) in [7, 11) is 1.85. The number of hydrogen-bond acceptors (Lipinski definition) is 4. The lowest BCUT2D eigenvalue weighted by atomic mass is 10.1. The molecule has 0 spiro atoms. The van der Waals surface area contributed by atoms with Crippen LogP contribution in [0.3, 0.4) is 0 Å². The predicted octanol–water partition coefficient (Wildman–Crippen LogP) is 3.50. The molecule has 3 fully saturated rings. The zero-order chi connectivity index (χ0) is 20.9. The quantitative estimate of drug-likeness (QED) is 0.685. The Morgan fingerprint density at radius 1 is 1.07 bits per heavy atom. The van der Waals surface area contributed by atoms with Gasteiger partial charge in [-0.2, -0.15) is 0 Å². The van der Waals surface area contributed by atoms with Gasteiger partial charge >= 0.3 is 0 Å². The Bertz CT molecular complexity index is 717. The molecule has 2 heterocycles. The maximum Gasteiger partial charge on any atom is 0.253 e. The largest absolute Gasteiger partial charge is 0.490 e. The Labute approximate surface area is 179 Å². The van der Waals surface area contributed by atoms with Crippen molar-refractivity contribution in [3.05, 3.63) is 29.8 Å². The lowest BCUT2D eigenvalue weighted by molar-refractivity contribution is -0.134. The third kappa shape index (κ3) is 5.54. The Kier molecular flexibility index (Phi) is 6.93. The van der Waals surface area contributed by atoms with Crippen molar-refractivity contribution in [3.63, 3.8) is 0 Å². The van der Waals surface area contributed by atoms with Crippen LogP contribution < -0.4 is 4.74 Å². The van der Waals surface area contributed by atoms with E-state index in [0.29, 0.717) is 23.9 Å². The molecule has 3 aliphatic rings. The van der Waals surface area contributed by atoms with Gasteiger partial charge in [0.25, 0.3) is 5.91 Å². The summed E-state index contributed by atoms with van der Waals surface area (Å²) in [6.45, 7) is 3.12. The zero-order valence-electron chi connectivity index (χ0n) is 18.1. The number of rotatable bonds is 7.